The van der Waals surface area contributed by atoms with Crippen LogP contribution >= 0.6 is 24.2 Å². The van der Waals surface area contributed by atoms with Crippen molar-refractivity contribution in [1.82, 2.24) is 14.4 Å². The summed E-state index contributed by atoms with van der Waals surface area (Å²) < 4.78 is 69.5. The number of piperidine rings is 1. The second-order valence-electron chi connectivity index (χ2n) is 13.5. The normalized spacial score (nSPS) is 13.7. The Morgan fingerprint density at radius 2 is 1.49 bits per heavy atom. The maximum absolute atomic E-state index is 14.6. The van der Waals surface area contributed by atoms with Crippen molar-refractivity contribution in [3.8, 4) is 11.1 Å². The molecule has 0 bridgehead atoms. The fourth-order valence-corrected chi connectivity index (χ4v) is 7.64. The highest BCUT2D eigenvalue weighted by Crippen LogP contribution is 2.32. The van der Waals surface area contributed by atoms with Crippen LogP contribution in [0.25, 0.3) is 22.0 Å². The van der Waals surface area contributed by atoms with Gasteiger partial charge >= 0.3 is 6.18 Å². The fourth-order valence-electron chi connectivity index (χ4n) is 6.61. The van der Waals surface area contributed by atoms with Crippen LogP contribution in [0.2, 0.25) is 0 Å². The number of thioether (sulfide) groups is 1. The molecule has 0 radical (unpaired) electrons. The van der Waals surface area contributed by atoms with E-state index >= 15 is 0 Å². The zero-order valence-corrected chi connectivity index (χ0v) is 31.1. The van der Waals surface area contributed by atoms with Gasteiger partial charge in [-0.25, -0.2) is 8.78 Å². The molecule has 1 amide bonds. The van der Waals surface area contributed by atoms with E-state index in [4.69, 9.17) is 0 Å². The van der Waals surface area contributed by atoms with Crippen molar-refractivity contribution in [2.45, 2.75) is 75.7 Å². The van der Waals surface area contributed by atoms with Gasteiger partial charge in [-0.3, -0.25) is 14.5 Å². The number of pyridine rings is 1. The number of hydrogen-bond donors (Lipinski definition) is 0. The molecule has 0 atom stereocenters. The smallest absolute Gasteiger partial charge is 0.334 e. The minimum atomic E-state index is -4.41. The standard InChI is InChI=1S/C41H40F5N3O2S.ClH/c1-27(2)48(24-28-9-12-30(13-10-28)31-14-16-33(17-15-31)41(44,45)46)38(51)25-49-36-18-11-29(23-47-19-4-3-5-20-47)21-34(36)37(50)22-39(49)52-26-32-7-6-8-35(42)40(32)43;/h6-18,21-22,27H,3-5,19-20,23-26H2,1-2H3;1H. The molecule has 2 heterocycles. The van der Waals surface area contributed by atoms with E-state index in [-0.39, 0.29) is 54.2 Å². The average Bonchev–Trinajstić information content (AvgIpc) is 3.13. The minimum absolute atomic E-state index is 0. The van der Waals surface area contributed by atoms with E-state index in [0.29, 0.717) is 21.5 Å². The van der Waals surface area contributed by atoms with Gasteiger partial charge in [-0.2, -0.15) is 13.2 Å². The Morgan fingerprint density at radius 1 is 0.849 bits per heavy atom. The molecular weight excluding hydrogens is 729 g/mol. The van der Waals surface area contributed by atoms with E-state index in [9.17, 15) is 31.5 Å². The molecule has 1 saturated heterocycles. The molecule has 0 saturated carbocycles. The van der Waals surface area contributed by atoms with E-state index in [1.54, 1.807) is 9.47 Å². The van der Waals surface area contributed by atoms with Crippen molar-refractivity contribution in [2.24, 2.45) is 0 Å². The first kappa shape index (κ1) is 40.0. The third-order valence-electron chi connectivity index (χ3n) is 9.49. The number of carbonyl (C=O) groups excluding carboxylic acids is 1. The average molecular weight is 770 g/mol. The lowest BCUT2D eigenvalue weighted by Gasteiger charge is -2.29. The van der Waals surface area contributed by atoms with Gasteiger partial charge in [0, 0.05) is 41.9 Å². The third-order valence-corrected chi connectivity index (χ3v) is 10.6. The van der Waals surface area contributed by atoms with E-state index in [1.165, 1.54) is 48.5 Å². The Hall–Kier alpha value is -4.19. The molecule has 53 heavy (non-hydrogen) atoms. The molecule has 12 heteroatoms. The molecule has 1 aliphatic heterocycles. The largest absolute Gasteiger partial charge is 0.416 e. The summed E-state index contributed by atoms with van der Waals surface area (Å²) in [6, 6.07) is 23.3. The lowest BCUT2D eigenvalue weighted by atomic mass is 10.0. The summed E-state index contributed by atoms with van der Waals surface area (Å²) in [6.45, 7) is 6.73. The number of alkyl halides is 3. The fraction of sp³-hybridized carbons (Fsp3) is 0.317. The molecule has 5 aromatic rings. The number of halogens is 6. The predicted molar refractivity (Wildman–Crippen MR) is 203 cm³/mol. The summed E-state index contributed by atoms with van der Waals surface area (Å²) in [5, 5.41) is 0.946. The van der Waals surface area contributed by atoms with Crippen LogP contribution in [-0.4, -0.2) is 39.4 Å². The Balaban J connectivity index is 0.00000541. The molecule has 0 unspecified atom stereocenters. The SMILES string of the molecule is CC(C)N(Cc1ccc(-c2ccc(C(F)(F)F)cc2)cc1)C(=O)Cn1c(SCc2cccc(F)c2F)cc(=O)c2cc(CN3CCCCC3)ccc21.Cl. The summed E-state index contributed by atoms with van der Waals surface area (Å²) in [4.78, 5) is 31.8. The van der Waals surface area contributed by atoms with Crippen molar-refractivity contribution in [3.05, 3.63) is 135 Å². The van der Waals surface area contributed by atoms with Crippen LogP contribution in [0, 0.1) is 11.6 Å². The van der Waals surface area contributed by atoms with Crippen LogP contribution in [0.4, 0.5) is 22.0 Å². The van der Waals surface area contributed by atoms with E-state index in [0.717, 1.165) is 67.4 Å². The highest BCUT2D eigenvalue weighted by atomic mass is 35.5. The predicted octanol–water partition coefficient (Wildman–Crippen LogP) is 10.1. The molecule has 1 fully saturated rings. The summed E-state index contributed by atoms with van der Waals surface area (Å²) >= 11 is 1.17. The number of nitrogens with zero attached hydrogens (tertiary/aromatic N) is 3. The Bertz CT molecular complexity index is 2100. The van der Waals surface area contributed by atoms with Crippen LogP contribution < -0.4 is 5.43 Å². The molecular formula is C41H41ClF5N3O2S. The highest BCUT2D eigenvalue weighted by molar-refractivity contribution is 7.98. The maximum atomic E-state index is 14.6. The summed E-state index contributed by atoms with van der Waals surface area (Å²) in [5.74, 6) is -2.05. The lowest BCUT2D eigenvalue weighted by Crippen LogP contribution is -2.39. The highest BCUT2D eigenvalue weighted by Gasteiger charge is 2.30. The number of benzene rings is 4. The molecule has 1 aliphatic rings. The molecule has 0 spiro atoms. The first-order chi connectivity index (χ1) is 24.9. The molecule has 280 valence electrons. The van der Waals surface area contributed by atoms with Crippen LogP contribution in [0.3, 0.4) is 0 Å². The zero-order valence-electron chi connectivity index (χ0n) is 29.5. The Morgan fingerprint density at radius 3 is 2.13 bits per heavy atom. The van der Waals surface area contributed by atoms with E-state index < -0.39 is 23.4 Å². The van der Waals surface area contributed by atoms with Crippen LogP contribution in [0.15, 0.2) is 101 Å². The number of amides is 1. The number of fused-ring (bicyclic) bond motifs is 1. The van der Waals surface area contributed by atoms with Crippen molar-refractivity contribution in [3.63, 3.8) is 0 Å². The van der Waals surface area contributed by atoms with Gasteiger partial charge in [-0.15, -0.1) is 24.2 Å². The Labute approximate surface area is 316 Å². The Kier molecular flexibility index (Phi) is 13.1. The molecule has 0 aliphatic carbocycles. The maximum Gasteiger partial charge on any atom is 0.416 e. The first-order valence-corrected chi connectivity index (χ1v) is 18.4. The molecule has 1 aromatic heterocycles. The molecule has 0 N–H and O–H groups in total. The van der Waals surface area contributed by atoms with Gasteiger partial charge in [0.1, 0.15) is 6.54 Å². The number of aromatic nitrogens is 1. The van der Waals surface area contributed by atoms with Crippen LogP contribution in [-0.2, 0) is 36.4 Å². The van der Waals surface area contributed by atoms with Crippen molar-refractivity contribution >= 4 is 41.0 Å². The topological polar surface area (TPSA) is 45.6 Å². The second kappa shape index (κ2) is 17.3. The van der Waals surface area contributed by atoms with Gasteiger partial charge in [0.05, 0.1) is 16.1 Å². The van der Waals surface area contributed by atoms with E-state index in [1.807, 2.05) is 56.3 Å². The summed E-state index contributed by atoms with van der Waals surface area (Å²) in [6.07, 6.45) is -0.908. The number of carbonyl (C=O) groups is 1. The second-order valence-corrected chi connectivity index (χ2v) is 14.5. The monoisotopic (exact) mass is 769 g/mol. The van der Waals surface area contributed by atoms with Gasteiger partial charge in [-0.1, -0.05) is 61.0 Å². The van der Waals surface area contributed by atoms with Crippen LogP contribution in [0.5, 0.6) is 0 Å². The van der Waals surface area contributed by atoms with Crippen LogP contribution in [0.1, 0.15) is 55.4 Å². The quantitative estimate of drug-likeness (QED) is 0.0992. The molecule has 4 aromatic carbocycles. The summed E-state index contributed by atoms with van der Waals surface area (Å²) in [5.41, 5.74) is 3.03. The third kappa shape index (κ3) is 9.68. The van der Waals surface area contributed by atoms with Gasteiger partial charge in [0.15, 0.2) is 17.1 Å². The van der Waals surface area contributed by atoms with E-state index in [2.05, 4.69) is 4.90 Å². The number of hydrogen-bond acceptors (Lipinski definition) is 4. The summed E-state index contributed by atoms with van der Waals surface area (Å²) in [7, 11) is 0. The first-order valence-electron chi connectivity index (χ1n) is 17.4. The van der Waals surface area contributed by atoms with Gasteiger partial charge in [-0.05, 0) is 92.4 Å². The minimum Gasteiger partial charge on any atom is -0.334 e. The molecule has 5 nitrogen and oxygen atoms in total. The number of likely N-dealkylation sites (tertiary alicyclic amines) is 1. The molecule has 6 rings (SSSR count). The van der Waals surface area contributed by atoms with Gasteiger partial charge < -0.3 is 9.47 Å². The van der Waals surface area contributed by atoms with Crippen molar-refractivity contribution < 1.29 is 26.7 Å². The van der Waals surface area contributed by atoms with Crippen molar-refractivity contribution in [1.29, 1.82) is 0 Å². The number of rotatable bonds is 11. The lowest BCUT2D eigenvalue weighted by molar-refractivity contribution is -0.137. The van der Waals surface area contributed by atoms with Gasteiger partial charge in [0.2, 0.25) is 5.91 Å². The van der Waals surface area contributed by atoms with Gasteiger partial charge in [0.25, 0.3) is 0 Å². The zero-order chi connectivity index (χ0) is 37.0. The van der Waals surface area contributed by atoms with Crippen molar-refractivity contribution in [2.75, 3.05) is 13.1 Å².